The molecule has 0 fully saturated rings. The van der Waals surface area contributed by atoms with Gasteiger partial charge in [-0.3, -0.25) is 4.79 Å². The van der Waals surface area contributed by atoms with Crippen LogP contribution in [0.5, 0.6) is 23.0 Å². The van der Waals surface area contributed by atoms with E-state index in [2.05, 4.69) is 0 Å². The molecular formula is C19H10O6. The molecule has 6 nitrogen and oxygen atoms in total. The molecule has 25 heavy (non-hydrogen) atoms. The maximum Gasteiger partial charge on any atom is 0.231 e. The van der Waals surface area contributed by atoms with Crippen LogP contribution in [-0.4, -0.2) is 13.6 Å². The molecule has 4 aromatic rings. The fourth-order valence-corrected chi connectivity index (χ4v) is 3.45. The molecule has 1 aromatic heterocycles. The monoisotopic (exact) mass is 334 g/mol. The van der Waals surface area contributed by atoms with Crippen molar-refractivity contribution >= 4 is 32.7 Å². The summed E-state index contributed by atoms with van der Waals surface area (Å²) in [7, 11) is 0. The first-order valence-corrected chi connectivity index (χ1v) is 7.80. The normalized spacial score (nSPS) is 14.7. The minimum absolute atomic E-state index is 0.112. The van der Waals surface area contributed by atoms with Gasteiger partial charge in [-0.15, -0.1) is 0 Å². The molecule has 0 amide bonds. The first-order valence-electron chi connectivity index (χ1n) is 7.80. The third kappa shape index (κ3) is 1.65. The van der Waals surface area contributed by atoms with E-state index in [1.807, 2.05) is 18.2 Å². The average molecular weight is 334 g/mol. The van der Waals surface area contributed by atoms with Crippen molar-refractivity contribution in [1.82, 2.24) is 0 Å². The number of rotatable bonds is 0. The van der Waals surface area contributed by atoms with E-state index in [4.69, 9.17) is 23.4 Å². The van der Waals surface area contributed by atoms with Crippen molar-refractivity contribution in [2.24, 2.45) is 0 Å². The summed E-state index contributed by atoms with van der Waals surface area (Å²) in [6.07, 6.45) is 0. The van der Waals surface area contributed by atoms with Gasteiger partial charge in [-0.05, 0) is 29.7 Å². The Labute approximate surface area is 140 Å². The summed E-state index contributed by atoms with van der Waals surface area (Å²) in [6, 6.07) is 10.8. The number of hydrogen-bond donors (Lipinski definition) is 0. The molecular weight excluding hydrogens is 324 g/mol. The molecule has 3 aromatic carbocycles. The summed E-state index contributed by atoms with van der Waals surface area (Å²) in [5.74, 6) is 2.45. The van der Waals surface area contributed by atoms with E-state index in [-0.39, 0.29) is 19.0 Å². The molecule has 3 heterocycles. The smallest absolute Gasteiger partial charge is 0.231 e. The van der Waals surface area contributed by atoms with Gasteiger partial charge in [-0.1, -0.05) is 6.07 Å². The Balaban J connectivity index is 1.79. The largest absolute Gasteiger partial charge is 0.456 e. The highest BCUT2D eigenvalue weighted by molar-refractivity contribution is 6.09. The summed E-state index contributed by atoms with van der Waals surface area (Å²) in [6.45, 7) is 0.330. The second kappa shape index (κ2) is 4.36. The van der Waals surface area contributed by atoms with Crippen LogP contribution in [-0.2, 0) is 0 Å². The standard InChI is InChI=1S/C19H10O6/c20-19-11-5-16-17(24-8-23-16)6-13(11)25-12-2-1-9-3-14-15(22-7-21-14)4-10(9)18(12)19/h1-6H,7-8H2. The molecule has 0 unspecified atom stereocenters. The third-order valence-corrected chi connectivity index (χ3v) is 4.64. The van der Waals surface area contributed by atoms with Gasteiger partial charge in [0.15, 0.2) is 23.0 Å². The van der Waals surface area contributed by atoms with Crippen molar-refractivity contribution in [3.63, 3.8) is 0 Å². The van der Waals surface area contributed by atoms with Crippen molar-refractivity contribution in [2.45, 2.75) is 0 Å². The van der Waals surface area contributed by atoms with E-state index < -0.39 is 0 Å². The minimum Gasteiger partial charge on any atom is -0.456 e. The second-order valence-corrected chi connectivity index (χ2v) is 6.00. The van der Waals surface area contributed by atoms with Gasteiger partial charge in [0, 0.05) is 11.5 Å². The summed E-state index contributed by atoms with van der Waals surface area (Å²) in [5.41, 5.74) is 0.878. The van der Waals surface area contributed by atoms with Crippen LogP contribution in [0.1, 0.15) is 0 Å². The van der Waals surface area contributed by atoms with Gasteiger partial charge in [-0.2, -0.15) is 0 Å². The van der Waals surface area contributed by atoms with Gasteiger partial charge in [0.25, 0.3) is 0 Å². The Hall–Kier alpha value is -3.41. The summed E-state index contributed by atoms with van der Waals surface area (Å²) in [4.78, 5) is 13.2. The van der Waals surface area contributed by atoms with Crippen molar-refractivity contribution in [3.05, 3.63) is 46.6 Å². The highest BCUT2D eigenvalue weighted by Crippen LogP contribution is 2.40. The van der Waals surface area contributed by atoms with E-state index in [1.165, 1.54) is 0 Å². The van der Waals surface area contributed by atoms with Gasteiger partial charge in [0.05, 0.1) is 10.8 Å². The number of ether oxygens (including phenoxy) is 4. The summed E-state index contributed by atoms with van der Waals surface area (Å²) >= 11 is 0. The van der Waals surface area contributed by atoms with Gasteiger partial charge < -0.3 is 23.4 Å². The lowest BCUT2D eigenvalue weighted by Gasteiger charge is -2.07. The van der Waals surface area contributed by atoms with Crippen LogP contribution in [0, 0.1) is 0 Å². The van der Waals surface area contributed by atoms with Gasteiger partial charge in [-0.25, -0.2) is 0 Å². The van der Waals surface area contributed by atoms with E-state index in [9.17, 15) is 4.79 Å². The Morgan fingerprint density at radius 2 is 1.32 bits per heavy atom. The van der Waals surface area contributed by atoms with Crippen molar-refractivity contribution in [3.8, 4) is 23.0 Å². The minimum atomic E-state index is -0.112. The molecule has 0 aliphatic carbocycles. The highest BCUT2D eigenvalue weighted by Gasteiger charge is 2.20. The van der Waals surface area contributed by atoms with Crippen LogP contribution in [0.3, 0.4) is 0 Å². The van der Waals surface area contributed by atoms with Crippen LogP contribution in [0.15, 0.2) is 45.6 Å². The van der Waals surface area contributed by atoms with Crippen LogP contribution in [0.2, 0.25) is 0 Å². The SMILES string of the molecule is O=c1c2cc3c(cc2oc2ccc4cc5c(cc4c12)OCO5)OCO3. The molecule has 122 valence electrons. The number of benzene rings is 3. The first-order chi connectivity index (χ1) is 12.3. The lowest BCUT2D eigenvalue weighted by atomic mass is 10.0. The molecule has 0 saturated carbocycles. The Morgan fingerprint density at radius 3 is 2.08 bits per heavy atom. The van der Waals surface area contributed by atoms with Crippen LogP contribution < -0.4 is 24.4 Å². The van der Waals surface area contributed by atoms with E-state index in [0.717, 1.165) is 10.8 Å². The molecule has 0 N–H and O–H groups in total. The van der Waals surface area contributed by atoms with Crippen molar-refractivity contribution < 1.29 is 23.4 Å². The second-order valence-electron chi connectivity index (χ2n) is 6.00. The van der Waals surface area contributed by atoms with E-state index >= 15 is 0 Å². The van der Waals surface area contributed by atoms with Gasteiger partial charge in [0.2, 0.25) is 19.0 Å². The molecule has 2 aliphatic heterocycles. The molecule has 0 saturated heterocycles. The Bertz CT molecular complexity index is 1270. The maximum atomic E-state index is 13.2. The number of fused-ring (bicyclic) bond motifs is 6. The molecule has 0 radical (unpaired) electrons. The van der Waals surface area contributed by atoms with Gasteiger partial charge >= 0.3 is 0 Å². The molecule has 0 spiro atoms. The fraction of sp³-hybridized carbons (Fsp3) is 0.105. The first kappa shape index (κ1) is 12.9. The summed E-state index contributed by atoms with van der Waals surface area (Å²) in [5, 5.41) is 2.64. The predicted molar refractivity (Wildman–Crippen MR) is 89.7 cm³/mol. The molecule has 0 atom stereocenters. The molecule has 6 rings (SSSR count). The lowest BCUT2D eigenvalue weighted by Crippen LogP contribution is -2.03. The third-order valence-electron chi connectivity index (χ3n) is 4.64. The van der Waals surface area contributed by atoms with Gasteiger partial charge in [0.1, 0.15) is 11.2 Å². The quantitative estimate of drug-likeness (QED) is 0.362. The Kier molecular flexibility index (Phi) is 2.26. The zero-order valence-corrected chi connectivity index (χ0v) is 12.8. The predicted octanol–water partition coefficient (Wildman–Crippen LogP) is 3.56. The van der Waals surface area contributed by atoms with Crippen LogP contribution >= 0.6 is 0 Å². The van der Waals surface area contributed by atoms with Crippen molar-refractivity contribution in [2.75, 3.05) is 13.6 Å². The van der Waals surface area contributed by atoms with Crippen LogP contribution in [0.4, 0.5) is 0 Å². The Morgan fingerprint density at radius 1 is 0.680 bits per heavy atom. The summed E-state index contributed by atoms with van der Waals surface area (Å²) < 4.78 is 27.6. The molecule has 0 bridgehead atoms. The van der Waals surface area contributed by atoms with E-state index in [0.29, 0.717) is 44.9 Å². The average Bonchev–Trinajstić information content (AvgIpc) is 3.26. The molecule has 6 heteroatoms. The lowest BCUT2D eigenvalue weighted by molar-refractivity contribution is 0.173. The number of hydrogen-bond acceptors (Lipinski definition) is 6. The topological polar surface area (TPSA) is 67.1 Å². The zero-order valence-electron chi connectivity index (χ0n) is 12.8. The zero-order chi connectivity index (χ0) is 16.5. The van der Waals surface area contributed by atoms with E-state index in [1.54, 1.807) is 18.2 Å². The molecule has 2 aliphatic rings. The maximum absolute atomic E-state index is 13.2. The van der Waals surface area contributed by atoms with Crippen molar-refractivity contribution in [1.29, 1.82) is 0 Å². The van der Waals surface area contributed by atoms with Crippen LogP contribution in [0.25, 0.3) is 32.7 Å². The highest BCUT2D eigenvalue weighted by atomic mass is 16.7. The fourth-order valence-electron chi connectivity index (χ4n) is 3.45.